The number of aromatic nitrogens is 2. The van der Waals surface area contributed by atoms with Crippen LogP contribution in [0.15, 0.2) is 48.7 Å². The van der Waals surface area contributed by atoms with E-state index in [0.717, 1.165) is 47.0 Å². The monoisotopic (exact) mass is 432 g/mol. The van der Waals surface area contributed by atoms with E-state index in [1.165, 1.54) is 13.2 Å². The Kier molecular flexibility index (Phi) is 5.26. The lowest BCUT2D eigenvalue weighted by Crippen LogP contribution is -2.26. The summed E-state index contributed by atoms with van der Waals surface area (Å²) in [6, 6.07) is 7.81. The molecule has 0 unspecified atom stereocenters. The molecule has 0 bridgehead atoms. The third-order valence-corrected chi connectivity index (χ3v) is 5.61. The molecule has 1 aliphatic heterocycles. The molecule has 1 fully saturated rings. The van der Waals surface area contributed by atoms with Crippen LogP contribution in [0.4, 0.5) is 0 Å². The van der Waals surface area contributed by atoms with Crippen molar-refractivity contribution in [3.63, 3.8) is 0 Å². The number of ether oxygens (including phenoxy) is 2. The second-order valence-electron chi connectivity index (χ2n) is 8.12. The number of hydrogen-bond acceptors (Lipinski definition) is 5. The molecule has 3 aromatic rings. The van der Waals surface area contributed by atoms with Gasteiger partial charge in [0, 0.05) is 42.7 Å². The second-order valence-corrected chi connectivity index (χ2v) is 8.12. The Morgan fingerprint density at radius 3 is 2.84 bits per heavy atom. The first-order chi connectivity index (χ1) is 15.6. The van der Waals surface area contributed by atoms with Crippen molar-refractivity contribution < 1.29 is 19.1 Å². The molecule has 0 atom stereocenters. The maximum absolute atomic E-state index is 11.9. The summed E-state index contributed by atoms with van der Waals surface area (Å²) in [6.07, 6.45) is 8.02. The average molecular weight is 432 g/mol. The molecule has 32 heavy (non-hydrogen) atoms. The highest BCUT2D eigenvalue weighted by atomic mass is 16.6. The molecule has 0 spiro atoms. The van der Waals surface area contributed by atoms with Crippen LogP contribution in [0, 0.1) is 5.92 Å². The minimum atomic E-state index is -0.136. The van der Waals surface area contributed by atoms with Crippen LogP contribution in [-0.2, 0) is 16.0 Å². The number of nitrogens with zero attached hydrogens (tertiary/aromatic N) is 1. The number of rotatable bonds is 7. The number of hydrogen-bond donors (Lipinski definition) is 3. The van der Waals surface area contributed by atoms with E-state index in [1.807, 2.05) is 30.6 Å². The molecule has 3 N–H and O–H groups in total. The minimum Gasteiger partial charge on any atom is -0.457 e. The lowest BCUT2D eigenvalue weighted by molar-refractivity contribution is -0.122. The van der Waals surface area contributed by atoms with Gasteiger partial charge in [-0.2, -0.15) is 0 Å². The summed E-state index contributed by atoms with van der Waals surface area (Å²) >= 11 is 0. The number of carbonyl (C=O) groups excluding carboxylic acids is 2. The molecular formula is C24H24N4O4. The Bertz CT molecular complexity index is 1230. The summed E-state index contributed by atoms with van der Waals surface area (Å²) in [5.41, 5.74) is 3.82. The lowest BCUT2D eigenvalue weighted by Gasteiger charge is -2.19. The molecule has 1 aliphatic carbocycles. The summed E-state index contributed by atoms with van der Waals surface area (Å²) in [6.45, 7) is 2.33. The van der Waals surface area contributed by atoms with Gasteiger partial charge >= 0.3 is 0 Å². The van der Waals surface area contributed by atoms with Gasteiger partial charge in [0.15, 0.2) is 17.3 Å². The molecule has 0 radical (unpaired) electrons. The van der Waals surface area contributed by atoms with E-state index in [-0.39, 0.29) is 24.3 Å². The largest absolute Gasteiger partial charge is 0.457 e. The molecule has 5 rings (SSSR count). The fourth-order valence-electron chi connectivity index (χ4n) is 3.68. The average Bonchev–Trinajstić information content (AvgIpc) is 3.58. The van der Waals surface area contributed by atoms with Crippen LogP contribution in [0.25, 0.3) is 22.2 Å². The number of aromatic amines is 1. The van der Waals surface area contributed by atoms with Crippen molar-refractivity contribution in [2.75, 3.05) is 13.1 Å². The molecule has 8 nitrogen and oxygen atoms in total. The van der Waals surface area contributed by atoms with Crippen LogP contribution in [0.3, 0.4) is 0 Å². The van der Waals surface area contributed by atoms with E-state index >= 15 is 0 Å². The molecule has 0 saturated heterocycles. The van der Waals surface area contributed by atoms with Crippen molar-refractivity contribution in [3.05, 3.63) is 54.2 Å². The molecule has 2 amide bonds. The van der Waals surface area contributed by atoms with Gasteiger partial charge in [0.2, 0.25) is 11.8 Å². The van der Waals surface area contributed by atoms with Crippen molar-refractivity contribution >= 4 is 22.8 Å². The molecular weight excluding hydrogens is 408 g/mol. The fourth-order valence-corrected chi connectivity index (χ4v) is 3.68. The van der Waals surface area contributed by atoms with Crippen molar-refractivity contribution in [1.29, 1.82) is 0 Å². The number of nitrogens with one attached hydrogen (secondary N) is 3. The van der Waals surface area contributed by atoms with Crippen LogP contribution in [0.5, 0.6) is 11.5 Å². The first kappa shape index (κ1) is 20.1. The SMILES string of the molecule is CC(=O)NCC1=COc2ccc(-c3cnc4[nH]cc(CCNC(=O)C5CC5)c4c3)cc2O1. The molecule has 1 saturated carbocycles. The molecule has 3 heterocycles. The summed E-state index contributed by atoms with van der Waals surface area (Å²) in [4.78, 5) is 30.8. The van der Waals surface area contributed by atoms with Crippen molar-refractivity contribution in [2.45, 2.75) is 26.2 Å². The maximum Gasteiger partial charge on any atom is 0.223 e. The Morgan fingerprint density at radius 1 is 1.16 bits per heavy atom. The van der Waals surface area contributed by atoms with E-state index < -0.39 is 0 Å². The first-order valence-corrected chi connectivity index (χ1v) is 10.7. The maximum atomic E-state index is 11.9. The van der Waals surface area contributed by atoms with Gasteiger partial charge in [-0.25, -0.2) is 4.98 Å². The Balaban J connectivity index is 1.33. The molecule has 2 aromatic heterocycles. The van der Waals surface area contributed by atoms with Gasteiger partial charge in [0.25, 0.3) is 0 Å². The summed E-state index contributed by atoms with van der Waals surface area (Å²) in [5.74, 6) is 1.97. The summed E-state index contributed by atoms with van der Waals surface area (Å²) in [7, 11) is 0. The highest BCUT2D eigenvalue weighted by Gasteiger charge is 2.29. The minimum absolute atomic E-state index is 0.136. The number of pyridine rings is 1. The predicted molar refractivity (Wildman–Crippen MR) is 119 cm³/mol. The van der Waals surface area contributed by atoms with E-state index in [9.17, 15) is 9.59 Å². The number of amides is 2. The number of carbonyl (C=O) groups is 2. The quantitative estimate of drug-likeness (QED) is 0.532. The fraction of sp³-hybridized carbons (Fsp3) is 0.292. The summed E-state index contributed by atoms with van der Waals surface area (Å²) in [5, 5.41) is 6.74. The van der Waals surface area contributed by atoms with E-state index in [1.54, 1.807) is 0 Å². The van der Waals surface area contributed by atoms with E-state index in [2.05, 4.69) is 26.7 Å². The predicted octanol–water partition coefficient (Wildman–Crippen LogP) is 3.05. The van der Waals surface area contributed by atoms with Gasteiger partial charge in [-0.15, -0.1) is 0 Å². The highest BCUT2D eigenvalue weighted by Crippen LogP contribution is 2.37. The zero-order valence-corrected chi connectivity index (χ0v) is 17.7. The normalized spacial score (nSPS) is 14.7. The van der Waals surface area contributed by atoms with Crippen LogP contribution in [0.1, 0.15) is 25.3 Å². The lowest BCUT2D eigenvalue weighted by atomic mass is 10.0. The third kappa shape index (κ3) is 4.30. The van der Waals surface area contributed by atoms with Gasteiger partial charge in [-0.3, -0.25) is 9.59 Å². The van der Waals surface area contributed by atoms with Gasteiger partial charge in [0.05, 0.1) is 6.54 Å². The number of benzene rings is 1. The number of H-pyrrole nitrogens is 1. The molecule has 8 heteroatoms. The van der Waals surface area contributed by atoms with Crippen LogP contribution in [0.2, 0.25) is 0 Å². The Labute approximate surface area is 185 Å². The second kappa shape index (κ2) is 8.37. The molecule has 1 aromatic carbocycles. The van der Waals surface area contributed by atoms with E-state index in [4.69, 9.17) is 9.47 Å². The smallest absolute Gasteiger partial charge is 0.223 e. The van der Waals surface area contributed by atoms with E-state index in [0.29, 0.717) is 23.8 Å². The standard InChI is InChI=1S/C24H24N4O4/c1-14(29)26-12-19-13-31-21-5-4-16(9-22(21)32-19)18-8-20-17(10-27-23(20)28-11-18)6-7-25-24(30)15-2-3-15/h4-5,8-11,13,15H,2-3,6-7,12H2,1H3,(H,25,30)(H,26,29)(H,27,28). The van der Waals surface area contributed by atoms with Gasteiger partial charge in [0.1, 0.15) is 11.9 Å². The topological polar surface area (TPSA) is 105 Å². The van der Waals surface area contributed by atoms with Crippen molar-refractivity contribution in [1.82, 2.24) is 20.6 Å². The highest BCUT2D eigenvalue weighted by molar-refractivity contribution is 5.85. The number of fused-ring (bicyclic) bond motifs is 2. The Morgan fingerprint density at radius 2 is 2.03 bits per heavy atom. The Hall–Kier alpha value is -3.81. The first-order valence-electron chi connectivity index (χ1n) is 10.7. The zero-order valence-electron chi connectivity index (χ0n) is 17.7. The molecule has 164 valence electrons. The van der Waals surface area contributed by atoms with Crippen LogP contribution in [-0.4, -0.2) is 34.9 Å². The summed E-state index contributed by atoms with van der Waals surface area (Å²) < 4.78 is 11.5. The van der Waals surface area contributed by atoms with Gasteiger partial charge < -0.3 is 25.1 Å². The van der Waals surface area contributed by atoms with Crippen LogP contribution >= 0.6 is 0 Å². The van der Waals surface area contributed by atoms with Crippen molar-refractivity contribution in [2.24, 2.45) is 5.92 Å². The van der Waals surface area contributed by atoms with Gasteiger partial charge in [-0.1, -0.05) is 6.07 Å². The van der Waals surface area contributed by atoms with Gasteiger partial charge in [-0.05, 0) is 48.6 Å². The zero-order chi connectivity index (χ0) is 22.1. The molecule has 2 aliphatic rings. The van der Waals surface area contributed by atoms with Crippen molar-refractivity contribution in [3.8, 4) is 22.6 Å². The third-order valence-electron chi connectivity index (χ3n) is 5.61. The van der Waals surface area contributed by atoms with Crippen LogP contribution < -0.4 is 20.1 Å².